The van der Waals surface area contributed by atoms with Crippen LogP contribution in [0.1, 0.15) is 51.3 Å². The molecule has 6 aromatic carbocycles. The molecule has 6 nitrogen and oxygen atoms in total. The maximum absolute atomic E-state index is 9.92. The number of hydrogen-bond acceptors (Lipinski definition) is 2. The lowest BCUT2D eigenvalue weighted by atomic mass is 9.87. The second-order valence-electron chi connectivity index (χ2n) is 15.5. The second kappa shape index (κ2) is 13.2. The normalized spacial score (nSPS) is 13.5. The minimum atomic E-state index is -1.92. The topological polar surface area (TPSA) is 40.2 Å². The Bertz CT molecular complexity index is 3130. The first-order valence-electron chi connectivity index (χ1n) is 19.9. The van der Waals surface area contributed by atoms with Crippen molar-refractivity contribution < 1.29 is 12.0 Å². The van der Waals surface area contributed by atoms with Gasteiger partial charge in [0.1, 0.15) is 5.82 Å². The fourth-order valence-corrected chi connectivity index (χ4v) is 7.89. The molecule has 56 heavy (non-hydrogen) atoms. The van der Waals surface area contributed by atoms with Gasteiger partial charge in [-0.25, -0.2) is 9.83 Å². The Morgan fingerprint density at radius 1 is 0.750 bits per heavy atom. The predicted octanol–water partition coefficient (Wildman–Crippen LogP) is 11.3. The molecule has 0 spiro atoms. The quantitative estimate of drug-likeness (QED) is 0.126. The van der Waals surface area contributed by atoms with Crippen LogP contribution in [0, 0.1) is 12.9 Å². The summed E-state index contributed by atoms with van der Waals surface area (Å²) in [5, 5.41) is 2.10. The lowest BCUT2D eigenvalue weighted by molar-refractivity contribution is -0.572. The fourth-order valence-electron chi connectivity index (χ4n) is 7.89. The van der Waals surface area contributed by atoms with Crippen molar-refractivity contribution in [1.29, 1.82) is 0 Å². The molecule has 0 saturated heterocycles. The Kier molecular flexibility index (Phi) is 7.43. The van der Waals surface area contributed by atoms with Crippen LogP contribution in [0.25, 0.3) is 66.0 Å². The molecule has 1 aliphatic rings. The van der Waals surface area contributed by atoms with E-state index >= 15 is 0 Å². The number of fused-ring (bicyclic) bond motifs is 5. The highest BCUT2D eigenvalue weighted by Crippen LogP contribution is 2.35. The zero-order valence-electron chi connectivity index (χ0n) is 33.4. The highest BCUT2D eigenvalue weighted by Gasteiger charge is 2.20. The van der Waals surface area contributed by atoms with Crippen LogP contribution in [0.3, 0.4) is 0 Å². The van der Waals surface area contributed by atoms with Gasteiger partial charge in [-0.2, -0.15) is 0 Å². The number of hydrogen-bond donors (Lipinski definition) is 0. The van der Waals surface area contributed by atoms with Crippen LogP contribution in [0.4, 0.5) is 5.69 Å². The van der Waals surface area contributed by atoms with Gasteiger partial charge in [-0.15, -0.1) is 0 Å². The highest BCUT2D eigenvalue weighted by atomic mass is 16.5. The lowest BCUT2D eigenvalue weighted by Crippen LogP contribution is -2.30. The molecule has 3 aromatic heterocycles. The summed E-state index contributed by atoms with van der Waals surface area (Å²) in [7, 11) is 0. The van der Waals surface area contributed by atoms with Crippen molar-refractivity contribution in [2.75, 3.05) is 0 Å². The molecule has 0 N–H and O–H groups in total. The fraction of sp³-hybridized carbons (Fsp3) is 0.140. The maximum atomic E-state index is 9.92. The molecule has 9 aromatic rings. The number of imidazole rings is 1. The SMILES string of the molecule is [2H]C([2H])(c1cc(-c2ccc([N+]#[C-])cc2)cc(-n2[c-][n+](-c3cccc(C(C)(C)C)c3)c3ccccc32)c1)c1ccc2c3ccccc3n(-c3cc4c(cn3)COC4)c2c1. The molecule has 0 radical (unpaired) electrons. The average molecular weight is 728 g/mol. The average Bonchev–Trinajstić information content (AvgIpc) is 3.97. The molecule has 0 atom stereocenters. The number of pyridine rings is 1. The van der Waals surface area contributed by atoms with E-state index in [2.05, 4.69) is 102 Å². The van der Waals surface area contributed by atoms with Crippen molar-refractivity contribution in [2.45, 2.75) is 45.8 Å². The standard InChI is InChI=1S/C50H39N5O/c1-50(2,3)39-10-9-11-41(28-39)53-32-54(47-15-8-7-14-46(47)53)42-24-34(23-36(26-42)35-17-19-40(51-4)20-18-35)22-33-16-21-44-43-12-5-6-13-45(43)55(48(44)25-33)49-27-37-30-56-31-38(37)29-52-49/h5-21,23-29H,22,30-31H2,1-3H3/i22D2. The first-order chi connectivity index (χ1) is 28.1. The van der Waals surface area contributed by atoms with Gasteiger partial charge in [0.2, 0.25) is 0 Å². The first kappa shape index (κ1) is 31.5. The number of para-hydroxylation sites is 3. The van der Waals surface area contributed by atoms with Gasteiger partial charge in [-0.1, -0.05) is 118 Å². The Hall–Kier alpha value is -6.81. The van der Waals surface area contributed by atoms with E-state index in [1.165, 1.54) is 5.56 Å². The Labute approximate surface area is 329 Å². The second-order valence-corrected chi connectivity index (χ2v) is 15.5. The predicted molar refractivity (Wildman–Crippen MR) is 224 cm³/mol. The molecule has 270 valence electrons. The summed E-state index contributed by atoms with van der Waals surface area (Å²) in [4.78, 5) is 8.48. The molecular weight excluding hydrogens is 687 g/mol. The van der Waals surface area contributed by atoms with Crippen molar-refractivity contribution in [3.8, 4) is 28.3 Å². The summed E-state index contributed by atoms with van der Waals surface area (Å²) in [5.74, 6) is 0.775. The Morgan fingerprint density at radius 2 is 1.54 bits per heavy atom. The van der Waals surface area contributed by atoms with Gasteiger partial charge in [0, 0.05) is 25.3 Å². The molecule has 1 aliphatic heterocycles. The van der Waals surface area contributed by atoms with E-state index in [1.807, 2.05) is 89.6 Å². The lowest BCUT2D eigenvalue weighted by Gasteiger charge is -2.20. The number of nitrogens with zero attached hydrogens (tertiary/aromatic N) is 5. The third-order valence-corrected chi connectivity index (χ3v) is 10.8. The molecule has 0 bridgehead atoms. The summed E-state index contributed by atoms with van der Waals surface area (Å²) in [6.07, 6.45) is 3.62. The minimum absolute atomic E-state index is 0.0312. The summed E-state index contributed by atoms with van der Waals surface area (Å²) in [6.45, 7) is 15.3. The molecular formula is C50H39N5O. The van der Waals surface area contributed by atoms with Crippen LogP contribution in [-0.4, -0.2) is 14.1 Å². The van der Waals surface area contributed by atoms with E-state index in [-0.39, 0.29) is 5.41 Å². The zero-order valence-corrected chi connectivity index (χ0v) is 31.4. The highest BCUT2D eigenvalue weighted by molar-refractivity contribution is 6.09. The van der Waals surface area contributed by atoms with E-state index in [0.29, 0.717) is 30.0 Å². The van der Waals surface area contributed by atoms with Crippen molar-refractivity contribution >= 4 is 38.5 Å². The van der Waals surface area contributed by atoms with Gasteiger partial charge in [0.15, 0.2) is 5.69 Å². The van der Waals surface area contributed by atoms with Crippen molar-refractivity contribution in [2.24, 2.45) is 0 Å². The monoisotopic (exact) mass is 727 g/mol. The van der Waals surface area contributed by atoms with Gasteiger partial charge in [-0.3, -0.25) is 13.7 Å². The largest absolute Gasteiger partial charge is 0.372 e. The summed E-state index contributed by atoms with van der Waals surface area (Å²) >= 11 is 0. The zero-order chi connectivity index (χ0) is 39.8. The van der Waals surface area contributed by atoms with Crippen LogP contribution >= 0.6 is 0 Å². The van der Waals surface area contributed by atoms with E-state index in [1.54, 1.807) is 0 Å². The number of ether oxygens (including phenoxy) is 1. The number of aromatic nitrogens is 4. The summed E-state index contributed by atoms with van der Waals surface area (Å²) in [6, 6.07) is 46.5. The van der Waals surface area contributed by atoms with Gasteiger partial charge in [0.05, 0.1) is 53.2 Å². The van der Waals surface area contributed by atoms with Crippen molar-refractivity contribution in [3.05, 3.63) is 191 Å². The van der Waals surface area contributed by atoms with Gasteiger partial charge < -0.3 is 4.74 Å². The van der Waals surface area contributed by atoms with E-state index in [4.69, 9.17) is 16.3 Å². The Balaban J connectivity index is 1.17. The van der Waals surface area contributed by atoms with Gasteiger partial charge in [-0.05, 0) is 87.6 Å². The van der Waals surface area contributed by atoms with Crippen LogP contribution in [0.5, 0.6) is 0 Å². The van der Waals surface area contributed by atoms with Crippen LogP contribution in [-0.2, 0) is 29.7 Å². The van der Waals surface area contributed by atoms with Crippen molar-refractivity contribution in [3.63, 3.8) is 0 Å². The van der Waals surface area contributed by atoms with Crippen LogP contribution < -0.4 is 4.57 Å². The smallest absolute Gasteiger partial charge is 0.269 e. The van der Waals surface area contributed by atoms with E-state index in [0.717, 1.165) is 72.3 Å². The molecule has 6 heteroatoms. The van der Waals surface area contributed by atoms with Crippen molar-refractivity contribution in [1.82, 2.24) is 14.1 Å². The van der Waals surface area contributed by atoms with Crippen LogP contribution in [0.15, 0.2) is 146 Å². The number of rotatable bonds is 6. The Morgan fingerprint density at radius 3 is 2.38 bits per heavy atom. The molecule has 4 heterocycles. The molecule has 0 unspecified atom stereocenters. The number of benzene rings is 6. The molecule has 0 amide bonds. The first-order valence-corrected chi connectivity index (χ1v) is 18.9. The molecule has 0 aliphatic carbocycles. The van der Waals surface area contributed by atoms with Gasteiger partial charge >= 0.3 is 0 Å². The molecule has 0 saturated carbocycles. The molecule has 0 fully saturated rings. The van der Waals surface area contributed by atoms with E-state index in [9.17, 15) is 2.74 Å². The van der Waals surface area contributed by atoms with Gasteiger partial charge in [0.25, 0.3) is 6.33 Å². The third kappa shape index (κ3) is 5.85. The van der Waals surface area contributed by atoms with E-state index < -0.39 is 6.37 Å². The minimum Gasteiger partial charge on any atom is -0.372 e. The summed E-state index contributed by atoms with van der Waals surface area (Å²) < 4.78 is 31.8. The summed E-state index contributed by atoms with van der Waals surface area (Å²) in [5.41, 5.74) is 12.3. The van der Waals surface area contributed by atoms with Crippen LogP contribution in [0.2, 0.25) is 0 Å². The third-order valence-electron chi connectivity index (χ3n) is 10.8. The molecule has 10 rings (SSSR count). The maximum Gasteiger partial charge on any atom is 0.269 e.